The summed E-state index contributed by atoms with van der Waals surface area (Å²) >= 11 is 1.68. The molecule has 2 heterocycles. The van der Waals surface area contributed by atoms with E-state index in [0.29, 0.717) is 23.4 Å². The first-order valence-corrected chi connectivity index (χ1v) is 8.11. The first-order chi connectivity index (χ1) is 10.6. The molecule has 1 aromatic heterocycles. The molecule has 0 saturated carbocycles. The minimum Gasteiger partial charge on any atom is -0.481 e. The fourth-order valence-corrected chi connectivity index (χ4v) is 3.69. The summed E-state index contributed by atoms with van der Waals surface area (Å²) in [4.78, 5) is 25.4. The number of amides is 1. The van der Waals surface area contributed by atoms with Gasteiger partial charge in [-0.3, -0.25) is 9.59 Å². The molecule has 3 rings (SSSR count). The Morgan fingerprint density at radius 2 is 2.27 bits per heavy atom. The highest BCUT2D eigenvalue weighted by molar-refractivity contribution is 7.99. The van der Waals surface area contributed by atoms with Crippen molar-refractivity contribution >= 4 is 34.7 Å². The molecule has 1 atom stereocenters. The van der Waals surface area contributed by atoms with Crippen molar-refractivity contribution in [3.05, 3.63) is 23.8 Å². The Balaban J connectivity index is 1.87. The van der Waals surface area contributed by atoms with E-state index in [1.54, 1.807) is 40.5 Å². The largest absolute Gasteiger partial charge is 0.481 e. The van der Waals surface area contributed by atoms with Gasteiger partial charge in [-0.05, 0) is 18.2 Å². The van der Waals surface area contributed by atoms with Crippen LogP contribution in [0.4, 0.5) is 0 Å². The Kier molecular flexibility index (Phi) is 4.02. The zero-order valence-corrected chi connectivity index (χ0v) is 12.9. The summed E-state index contributed by atoms with van der Waals surface area (Å²) in [6, 6.07) is 5.01. The second-order valence-corrected chi connectivity index (χ2v) is 6.39. The van der Waals surface area contributed by atoms with E-state index in [9.17, 15) is 9.59 Å². The van der Waals surface area contributed by atoms with Crippen LogP contribution in [0.2, 0.25) is 0 Å². The molecular weight excluding hydrogens is 304 g/mol. The van der Waals surface area contributed by atoms with Crippen LogP contribution in [0.25, 0.3) is 11.0 Å². The molecule has 1 saturated heterocycles. The monoisotopic (exact) mass is 320 g/mol. The van der Waals surface area contributed by atoms with Crippen molar-refractivity contribution in [3.63, 3.8) is 0 Å². The van der Waals surface area contributed by atoms with Gasteiger partial charge in [0, 0.05) is 30.7 Å². The first kappa shape index (κ1) is 14.8. The number of hydrogen-bond donors (Lipinski definition) is 1. The third kappa shape index (κ3) is 2.78. The van der Waals surface area contributed by atoms with E-state index in [4.69, 9.17) is 5.11 Å². The molecule has 1 aliphatic heterocycles. The number of carboxylic acids is 1. The summed E-state index contributed by atoms with van der Waals surface area (Å²) in [6.45, 7) is 0.569. The number of carbonyl (C=O) groups excluding carboxylic acids is 1. The zero-order chi connectivity index (χ0) is 15.7. The van der Waals surface area contributed by atoms with E-state index in [2.05, 4.69) is 10.3 Å². The minimum atomic E-state index is -0.880. The molecule has 0 bridgehead atoms. The quantitative estimate of drug-likeness (QED) is 0.908. The lowest BCUT2D eigenvalue weighted by atomic mass is 10.1. The van der Waals surface area contributed by atoms with Crippen molar-refractivity contribution in [2.75, 3.05) is 18.1 Å². The fraction of sp³-hybridized carbons (Fsp3) is 0.429. The molecule has 1 aromatic carbocycles. The highest BCUT2D eigenvalue weighted by atomic mass is 32.2. The maximum Gasteiger partial charge on any atom is 0.305 e. The van der Waals surface area contributed by atoms with Crippen molar-refractivity contribution < 1.29 is 14.7 Å². The van der Waals surface area contributed by atoms with Crippen LogP contribution in [-0.2, 0) is 11.8 Å². The Morgan fingerprint density at radius 1 is 1.45 bits per heavy atom. The van der Waals surface area contributed by atoms with Gasteiger partial charge in [-0.1, -0.05) is 5.21 Å². The summed E-state index contributed by atoms with van der Waals surface area (Å²) in [6.07, 6.45) is -0.0217. The molecule has 2 aromatic rings. The number of nitrogens with zero attached hydrogens (tertiary/aromatic N) is 4. The van der Waals surface area contributed by atoms with E-state index >= 15 is 0 Å². The molecule has 1 fully saturated rings. The second-order valence-electron chi connectivity index (χ2n) is 5.24. The average Bonchev–Trinajstić information content (AvgIpc) is 2.87. The molecule has 1 N–H and O–H groups in total. The van der Waals surface area contributed by atoms with Crippen LogP contribution in [0.3, 0.4) is 0 Å². The van der Waals surface area contributed by atoms with Crippen LogP contribution in [0, 0.1) is 0 Å². The van der Waals surface area contributed by atoms with E-state index in [1.165, 1.54) is 0 Å². The highest BCUT2D eigenvalue weighted by Crippen LogP contribution is 2.22. The molecule has 1 amide bonds. The predicted molar refractivity (Wildman–Crippen MR) is 82.9 cm³/mol. The first-order valence-electron chi connectivity index (χ1n) is 6.96. The lowest BCUT2D eigenvalue weighted by Crippen LogP contribution is -2.47. The summed E-state index contributed by atoms with van der Waals surface area (Å²) < 4.78 is 1.65. The number of aryl methyl sites for hydroxylation is 1. The van der Waals surface area contributed by atoms with Gasteiger partial charge in [0.05, 0.1) is 18.0 Å². The van der Waals surface area contributed by atoms with Gasteiger partial charge in [-0.15, -0.1) is 5.10 Å². The Hall–Kier alpha value is -2.09. The van der Waals surface area contributed by atoms with E-state index in [1.807, 2.05) is 6.07 Å². The molecule has 1 aliphatic rings. The molecule has 7 nitrogen and oxygen atoms in total. The van der Waals surface area contributed by atoms with Gasteiger partial charge in [0.2, 0.25) is 0 Å². The van der Waals surface area contributed by atoms with Gasteiger partial charge in [0.25, 0.3) is 5.91 Å². The van der Waals surface area contributed by atoms with Crippen molar-refractivity contribution in [2.24, 2.45) is 7.05 Å². The molecular formula is C14H16N4O3S. The summed E-state index contributed by atoms with van der Waals surface area (Å²) in [5.41, 5.74) is 2.04. The third-order valence-corrected chi connectivity index (χ3v) is 4.85. The average molecular weight is 320 g/mol. The smallest absolute Gasteiger partial charge is 0.305 e. The number of hydrogen-bond acceptors (Lipinski definition) is 5. The fourth-order valence-electron chi connectivity index (χ4n) is 2.63. The molecule has 0 spiro atoms. The van der Waals surface area contributed by atoms with Gasteiger partial charge in [0.1, 0.15) is 5.52 Å². The second kappa shape index (κ2) is 5.96. The zero-order valence-electron chi connectivity index (χ0n) is 12.1. The highest BCUT2D eigenvalue weighted by Gasteiger charge is 2.29. The summed E-state index contributed by atoms with van der Waals surface area (Å²) in [5, 5.41) is 17.0. The number of benzene rings is 1. The molecule has 0 radical (unpaired) electrons. The number of aliphatic carboxylic acids is 1. The van der Waals surface area contributed by atoms with E-state index < -0.39 is 5.97 Å². The lowest BCUT2D eigenvalue weighted by Gasteiger charge is -2.34. The number of aromatic nitrogens is 3. The topological polar surface area (TPSA) is 88.3 Å². The predicted octanol–water partition coefficient (Wildman–Crippen LogP) is 1.00. The van der Waals surface area contributed by atoms with Crippen molar-refractivity contribution in [1.82, 2.24) is 19.9 Å². The minimum absolute atomic E-state index is 0.0217. The van der Waals surface area contributed by atoms with Gasteiger partial charge in [-0.25, -0.2) is 4.68 Å². The van der Waals surface area contributed by atoms with Gasteiger partial charge in [-0.2, -0.15) is 11.8 Å². The van der Waals surface area contributed by atoms with Crippen molar-refractivity contribution in [2.45, 2.75) is 12.5 Å². The maximum absolute atomic E-state index is 12.7. The number of carboxylic acid groups (broad SMARTS) is 1. The van der Waals surface area contributed by atoms with Crippen LogP contribution in [-0.4, -0.2) is 61.0 Å². The van der Waals surface area contributed by atoms with Crippen molar-refractivity contribution in [1.29, 1.82) is 0 Å². The van der Waals surface area contributed by atoms with Crippen LogP contribution >= 0.6 is 11.8 Å². The van der Waals surface area contributed by atoms with Crippen LogP contribution in [0.5, 0.6) is 0 Å². The number of fused-ring (bicyclic) bond motifs is 1. The number of rotatable bonds is 3. The Bertz CT molecular complexity index is 730. The van der Waals surface area contributed by atoms with E-state index in [-0.39, 0.29) is 18.4 Å². The number of thioether (sulfide) groups is 1. The van der Waals surface area contributed by atoms with Crippen LogP contribution in [0.15, 0.2) is 18.2 Å². The molecule has 22 heavy (non-hydrogen) atoms. The van der Waals surface area contributed by atoms with Gasteiger partial charge < -0.3 is 10.0 Å². The molecule has 116 valence electrons. The molecule has 1 unspecified atom stereocenters. The third-order valence-electron chi connectivity index (χ3n) is 3.76. The SMILES string of the molecule is Cn1nnc2cc(C(=O)N3CCSCC3CC(=O)O)ccc21. The van der Waals surface area contributed by atoms with Gasteiger partial charge >= 0.3 is 5.97 Å². The summed E-state index contributed by atoms with van der Waals surface area (Å²) in [7, 11) is 1.79. The number of carbonyl (C=O) groups is 2. The standard InChI is InChI=1S/C14H16N4O3S/c1-17-12-3-2-9(6-11(12)15-16-17)14(21)18-4-5-22-8-10(18)7-13(19)20/h2-3,6,10H,4-5,7-8H2,1H3,(H,19,20). The molecule has 0 aliphatic carbocycles. The Morgan fingerprint density at radius 3 is 3.05 bits per heavy atom. The normalized spacial score (nSPS) is 18.6. The lowest BCUT2D eigenvalue weighted by molar-refractivity contribution is -0.138. The van der Waals surface area contributed by atoms with E-state index in [0.717, 1.165) is 11.3 Å². The molecule has 8 heteroatoms. The Labute approximate surface area is 131 Å². The van der Waals surface area contributed by atoms with Crippen LogP contribution < -0.4 is 0 Å². The summed E-state index contributed by atoms with van der Waals surface area (Å²) in [5.74, 6) is 0.467. The van der Waals surface area contributed by atoms with Gasteiger partial charge in [0.15, 0.2) is 0 Å². The maximum atomic E-state index is 12.7. The van der Waals surface area contributed by atoms with Crippen LogP contribution in [0.1, 0.15) is 16.8 Å². The van der Waals surface area contributed by atoms with Crippen molar-refractivity contribution in [3.8, 4) is 0 Å².